The predicted octanol–water partition coefficient (Wildman–Crippen LogP) is 2.45. The van der Waals surface area contributed by atoms with Crippen molar-refractivity contribution in [2.24, 2.45) is 5.73 Å². The lowest BCUT2D eigenvalue weighted by molar-refractivity contribution is -0.00197. The molecule has 0 bridgehead atoms. The smallest absolute Gasteiger partial charge is 0.0702 e. The van der Waals surface area contributed by atoms with Crippen molar-refractivity contribution >= 4 is 11.3 Å². The Labute approximate surface area is 126 Å². The van der Waals surface area contributed by atoms with Crippen molar-refractivity contribution in [1.29, 1.82) is 0 Å². The Morgan fingerprint density at radius 1 is 1.55 bits per heavy atom. The predicted molar refractivity (Wildman–Crippen MR) is 84.8 cm³/mol. The quantitative estimate of drug-likeness (QED) is 0.847. The van der Waals surface area contributed by atoms with Gasteiger partial charge in [-0.25, -0.2) is 0 Å². The lowest BCUT2D eigenvalue weighted by Gasteiger charge is -2.32. The van der Waals surface area contributed by atoms with Crippen molar-refractivity contribution in [1.82, 2.24) is 4.90 Å². The number of ether oxygens (including phenoxy) is 1. The second kappa shape index (κ2) is 8.43. The van der Waals surface area contributed by atoms with E-state index in [0.29, 0.717) is 12.6 Å². The van der Waals surface area contributed by atoms with Gasteiger partial charge in [0.15, 0.2) is 0 Å². The van der Waals surface area contributed by atoms with Crippen LogP contribution in [0.15, 0.2) is 11.4 Å². The highest BCUT2D eigenvalue weighted by Gasteiger charge is 2.20. The van der Waals surface area contributed by atoms with Gasteiger partial charge in [-0.05, 0) is 31.9 Å². The molecule has 2 heterocycles. The van der Waals surface area contributed by atoms with Crippen molar-refractivity contribution in [3.05, 3.63) is 21.9 Å². The molecule has 0 saturated carbocycles. The third-order valence-corrected chi connectivity index (χ3v) is 4.31. The van der Waals surface area contributed by atoms with Crippen molar-refractivity contribution < 1.29 is 4.74 Å². The molecule has 3 nitrogen and oxygen atoms in total. The summed E-state index contributed by atoms with van der Waals surface area (Å²) in [7, 11) is 0. The number of likely N-dealkylation sites (tertiary alicyclic amines) is 1. The molecule has 1 aromatic heterocycles. The molecule has 110 valence electrons. The lowest BCUT2D eigenvalue weighted by atomic mass is 10.1. The van der Waals surface area contributed by atoms with Crippen LogP contribution in [0.4, 0.5) is 0 Å². The summed E-state index contributed by atoms with van der Waals surface area (Å²) in [5, 5.41) is 2.12. The summed E-state index contributed by atoms with van der Waals surface area (Å²) in [6.07, 6.45) is 3.96. The maximum absolute atomic E-state index is 5.88. The van der Waals surface area contributed by atoms with Crippen molar-refractivity contribution in [2.45, 2.75) is 38.8 Å². The van der Waals surface area contributed by atoms with E-state index < -0.39 is 0 Å². The number of hydrogen-bond donors (Lipinski definition) is 1. The molecule has 1 unspecified atom stereocenters. The molecule has 20 heavy (non-hydrogen) atoms. The maximum Gasteiger partial charge on any atom is 0.0702 e. The van der Waals surface area contributed by atoms with Gasteiger partial charge in [-0.2, -0.15) is 0 Å². The molecule has 1 atom stereocenters. The maximum atomic E-state index is 5.88. The van der Waals surface area contributed by atoms with E-state index in [9.17, 15) is 0 Å². The van der Waals surface area contributed by atoms with Crippen molar-refractivity contribution in [3.8, 4) is 11.8 Å². The summed E-state index contributed by atoms with van der Waals surface area (Å²) in [4.78, 5) is 3.87. The van der Waals surface area contributed by atoms with Crippen LogP contribution in [0.5, 0.6) is 0 Å². The number of thiophene rings is 1. The fraction of sp³-hybridized carbons (Fsp3) is 0.625. The van der Waals surface area contributed by atoms with Gasteiger partial charge in [-0.1, -0.05) is 18.8 Å². The minimum Gasteiger partial charge on any atom is -0.377 e. The minimum absolute atomic E-state index is 0.417. The second-order valence-corrected chi connectivity index (χ2v) is 6.17. The van der Waals surface area contributed by atoms with E-state index >= 15 is 0 Å². The molecule has 1 aliphatic rings. The van der Waals surface area contributed by atoms with Crippen LogP contribution in [-0.2, 0) is 11.3 Å². The first-order valence-electron chi connectivity index (χ1n) is 7.42. The van der Waals surface area contributed by atoms with Crippen LogP contribution in [0, 0.1) is 11.8 Å². The van der Waals surface area contributed by atoms with Gasteiger partial charge in [-0.3, -0.25) is 4.90 Å². The number of nitrogens with two attached hydrogens (primary N) is 1. The molecule has 1 aliphatic heterocycles. The zero-order chi connectivity index (χ0) is 14.2. The summed E-state index contributed by atoms with van der Waals surface area (Å²) in [6, 6.07) is 2.18. The van der Waals surface area contributed by atoms with Crippen LogP contribution in [0.2, 0.25) is 0 Å². The molecule has 0 aromatic carbocycles. The average Bonchev–Trinajstić information content (AvgIpc) is 2.91. The molecular weight excluding hydrogens is 268 g/mol. The monoisotopic (exact) mass is 292 g/mol. The summed E-state index contributed by atoms with van der Waals surface area (Å²) in [5.41, 5.74) is 6.48. The molecular formula is C16H24N2OS. The van der Waals surface area contributed by atoms with Crippen LogP contribution in [0.25, 0.3) is 0 Å². The Morgan fingerprint density at radius 3 is 3.25 bits per heavy atom. The normalized spacial score (nSPS) is 19.6. The van der Waals surface area contributed by atoms with Gasteiger partial charge >= 0.3 is 0 Å². The van der Waals surface area contributed by atoms with Gasteiger partial charge < -0.3 is 10.5 Å². The lowest BCUT2D eigenvalue weighted by Crippen LogP contribution is -2.39. The molecule has 4 heteroatoms. The molecule has 1 saturated heterocycles. The Hall–Kier alpha value is -0.860. The van der Waals surface area contributed by atoms with E-state index in [1.54, 1.807) is 11.3 Å². The first kappa shape index (κ1) is 15.5. The molecule has 0 amide bonds. The van der Waals surface area contributed by atoms with Crippen LogP contribution in [-0.4, -0.2) is 37.2 Å². The summed E-state index contributed by atoms with van der Waals surface area (Å²) < 4.78 is 5.88. The van der Waals surface area contributed by atoms with Crippen LogP contribution >= 0.6 is 11.3 Å². The van der Waals surface area contributed by atoms with Gasteiger partial charge in [0.2, 0.25) is 0 Å². The largest absolute Gasteiger partial charge is 0.377 e. The SMILES string of the molecule is CCCOC1CCCN(Cc2cc(C#CCN)cs2)C1. The fourth-order valence-corrected chi connectivity index (χ4v) is 3.34. The summed E-state index contributed by atoms with van der Waals surface area (Å²) in [6.45, 7) is 6.72. The van der Waals surface area contributed by atoms with Gasteiger partial charge in [-0.15, -0.1) is 11.3 Å². The standard InChI is InChI=1S/C16H24N2OS/c1-2-9-19-15-6-4-8-18(11-15)12-16-10-14(13-20-16)5-3-7-17/h10,13,15H,2,4,6-9,11-12,17H2,1H3. The Bertz CT molecular complexity index is 461. The Kier molecular flexibility index (Phi) is 6.55. The van der Waals surface area contributed by atoms with E-state index in [0.717, 1.165) is 31.7 Å². The Morgan fingerprint density at radius 2 is 2.45 bits per heavy atom. The van der Waals surface area contributed by atoms with Crippen LogP contribution in [0.1, 0.15) is 36.6 Å². The molecule has 0 spiro atoms. The average molecular weight is 292 g/mol. The van der Waals surface area contributed by atoms with E-state index in [-0.39, 0.29) is 0 Å². The zero-order valence-corrected chi connectivity index (χ0v) is 13.0. The topological polar surface area (TPSA) is 38.5 Å². The van der Waals surface area contributed by atoms with Crippen molar-refractivity contribution in [2.75, 3.05) is 26.2 Å². The second-order valence-electron chi connectivity index (χ2n) is 5.18. The van der Waals surface area contributed by atoms with Gasteiger partial charge in [0.1, 0.15) is 0 Å². The summed E-state index contributed by atoms with van der Waals surface area (Å²) >= 11 is 1.79. The molecule has 2 N–H and O–H groups in total. The molecule has 1 fully saturated rings. The number of rotatable bonds is 5. The highest BCUT2D eigenvalue weighted by Crippen LogP contribution is 2.20. The van der Waals surface area contributed by atoms with E-state index in [1.165, 1.54) is 24.3 Å². The van der Waals surface area contributed by atoms with Crippen molar-refractivity contribution in [3.63, 3.8) is 0 Å². The number of nitrogens with zero attached hydrogens (tertiary/aromatic N) is 1. The molecule has 0 aliphatic carbocycles. The molecule has 0 radical (unpaired) electrons. The zero-order valence-electron chi connectivity index (χ0n) is 12.2. The van der Waals surface area contributed by atoms with Crippen LogP contribution < -0.4 is 5.73 Å². The molecule has 1 aromatic rings. The van der Waals surface area contributed by atoms with Gasteiger partial charge in [0.25, 0.3) is 0 Å². The first-order chi connectivity index (χ1) is 9.81. The summed E-state index contributed by atoms with van der Waals surface area (Å²) in [5.74, 6) is 5.99. The first-order valence-corrected chi connectivity index (χ1v) is 8.30. The highest BCUT2D eigenvalue weighted by atomic mass is 32.1. The van der Waals surface area contributed by atoms with Crippen LogP contribution in [0.3, 0.4) is 0 Å². The Balaban J connectivity index is 1.84. The minimum atomic E-state index is 0.417. The van der Waals surface area contributed by atoms with E-state index in [4.69, 9.17) is 10.5 Å². The number of piperidine rings is 1. The highest BCUT2D eigenvalue weighted by molar-refractivity contribution is 7.10. The van der Waals surface area contributed by atoms with Gasteiger partial charge in [0.05, 0.1) is 12.6 Å². The number of hydrogen-bond acceptors (Lipinski definition) is 4. The third kappa shape index (κ3) is 4.92. The van der Waals surface area contributed by atoms with E-state index in [1.807, 2.05) is 0 Å². The molecule has 2 rings (SSSR count). The van der Waals surface area contributed by atoms with Gasteiger partial charge in [0, 0.05) is 35.5 Å². The van der Waals surface area contributed by atoms with E-state index in [2.05, 4.69) is 35.1 Å². The fourth-order valence-electron chi connectivity index (χ4n) is 2.48. The third-order valence-electron chi connectivity index (χ3n) is 3.39.